The van der Waals surface area contributed by atoms with Crippen LogP contribution in [-0.4, -0.2) is 28.9 Å². The first kappa shape index (κ1) is 24.8. The molecule has 0 radical (unpaired) electrons. The van der Waals surface area contributed by atoms with Gasteiger partial charge in [0.15, 0.2) is 5.54 Å². The molecule has 0 saturated carbocycles. The number of rotatable bonds is 7. The average molecular weight is 448 g/mol. The molecule has 0 unspecified atom stereocenters. The Kier molecular flexibility index (Phi) is 7.23. The molecule has 0 fully saturated rings. The lowest BCUT2D eigenvalue weighted by atomic mass is 9.83. The summed E-state index contributed by atoms with van der Waals surface area (Å²) in [6, 6.07) is 11.9. The number of carbonyl (C=O) groups is 1. The highest BCUT2D eigenvalue weighted by Crippen LogP contribution is 2.47. The van der Waals surface area contributed by atoms with Gasteiger partial charge < -0.3 is 4.74 Å². The number of hydrogen-bond acceptors (Lipinski definition) is 5. The van der Waals surface area contributed by atoms with E-state index in [4.69, 9.17) is 4.74 Å². The molecule has 0 N–H and O–H groups in total. The molecule has 0 aliphatic heterocycles. The third-order valence-corrected chi connectivity index (χ3v) is 4.42. The van der Waals surface area contributed by atoms with Crippen molar-refractivity contribution in [3.05, 3.63) is 88.0 Å². The minimum atomic E-state index is -4.89. The first-order valence-corrected chi connectivity index (χ1v) is 9.58. The summed E-state index contributed by atoms with van der Waals surface area (Å²) in [5.41, 5.74) is -4.27. The Balaban J connectivity index is 2.53. The van der Waals surface area contributed by atoms with Crippen LogP contribution in [0.15, 0.2) is 71.7 Å². The van der Waals surface area contributed by atoms with Gasteiger partial charge in [0.25, 0.3) is 5.69 Å². The number of ether oxygens (including phenoxy) is 1. The Morgan fingerprint density at radius 1 is 1.09 bits per heavy atom. The van der Waals surface area contributed by atoms with E-state index in [-0.39, 0.29) is 22.4 Å². The van der Waals surface area contributed by atoms with Crippen LogP contribution >= 0.6 is 0 Å². The standard InChI is InChI=1S/C23H23F3N2O4/c1-16(20(29)32-21(2,3)4)14-22(23(24,25)26,18-8-6-5-7-9-18)27-15-17-10-12-19(13-11-17)28(30)31/h5-13,15H,1,14H2,2-4H3/t22-/m0/s1. The molecule has 170 valence electrons. The first-order chi connectivity index (χ1) is 14.7. The summed E-state index contributed by atoms with van der Waals surface area (Å²) in [4.78, 5) is 26.4. The highest BCUT2D eigenvalue weighted by molar-refractivity contribution is 5.88. The smallest absolute Gasteiger partial charge is 0.418 e. The van der Waals surface area contributed by atoms with E-state index < -0.39 is 34.6 Å². The number of halogens is 3. The van der Waals surface area contributed by atoms with Gasteiger partial charge in [0.1, 0.15) is 5.60 Å². The van der Waals surface area contributed by atoms with Gasteiger partial charge in [-0.3, -0.25) is 15.1 Å². The summed E-state index contributed by atoms with van der Waals surface area (Å²) < 4.78 is 48.7. The van der Waals surface area contributed by atoms with Crippen molar-refractivity contribution < 1.29 is 27.6 Å². The quantitative estimate of drug-likeness (QED) is 0.177. The SMILES string of the molecule is C=C(C[C@](N=Cc1ccc([N+](=O)[O-])cc1)(c1ccccc1)C(F)(F)F)C(=O)OC(C)(C)C. The predicted molar refractivity (Wildman–Crippen MR) is 114 cm³/mol. The van der Waals surface area contributed by atoms with Crippen molar-refractivity contribution in [1.29, 1.82) is 0 Å². The number of alkyl halides is 3. The van der Waals surface area contributed by atoms with Crippen LogP contribution in [0, 0.1) is 10.1 Å². The lowest BCUT2D eigenvalue weighted by molar-refractivity contribution is -0.384. The number of benzene rings is 2. The van der Waals surface area contributed by atoms with E-state index in [0.29, 0.717) is 0 Å². The van der Waals surface area contributed by atoms with Crippen LogP contribution < -0.4 is 0 Å². The Bertz CT molecular complexity index is 1010. The number of nitro benzene ring substituents is 1. The number of nitrogens with zero attached hydrogens (tertiary/aromatic N) is 2. The van der Waals surface area contributed by atoms with Gasteiger partial charge in [0.05, 0.1) is 4.92 Å². The van der Waals surface area contributed by atoms with Crippen molar-refractivity contribution in [2.45, 2.75) is 44.5 Å². The molecule has 0 bridgehead atoms. The van der Waals surface area contributed by atoms with E-state index in [2.05, 4.69) is 11.6 Å². The number of hydrogen-bond donors (Lipinski definition) is 0. The lowest BCUT2D eigenvalue weighted by Crippen LogP contribution is -2.42. The second-order valence-corrected chi connectivity index (χ2v) is 8.11. The molecule has 6 nitrogen and oxygen atoms in total. The summed E-state index contributed by atoms with van der Waals surface area (Å²) in [6.07, 6.45) is -4.78. The lowest BCUT2D eigenvalue weighted by Gasteiger charge is -2.33. The van der Waals surface area contributed by atoms with Gasteiger partial charge >= 0.3 is 12.1 Å². The maximum Gasteiger partial charge on any atom is 0.418 e. The maximum atomic E-state index is 14.5. The molecule has 2 aromatic rings. The number of non-ortho nitro benzene ring substituents is 1. The molecular formula is C23H23F3N2O4. The van der Waals surface area contributed by atoms with Gasteiger partial charge in [0.2, 0.25) is 0 Å². The van der Waals surface area contributed by atoms with Crippen LogP contribution in [0.1, 0.15) is 38.3 Å². The molecule has 2 aromatic carbocycles. The second-order valence-electron chi connectivity index (χ2n) is 8.11. The van der Waals surface area contributed by atoms with E-state index in [9.17, 15) is 28.1 Å². The summed E-state index contributed by atoms with van der Waals surface area (Å²) in [6.45, 7) is 8.31. The monoisotopic (exact) mass is 448 g/mol. The minimum Gasteiger partial charge on any atom is -0.457 e. The van der Waals surface area contributed by atoms with Crippen LogP contribution in [-0.2, 0) is 15.1 Å². The molecular weight excluding hydrogens is 425 g/mol. The van der Waals surface area contributed by atoms with Crippen molar-refractivity contribution in [1.82, 2.24) is 0 Å². The van der Waals surface area contributed by atoms with E-state index in [1.54, 1.807) is 26.8 Å². The van der Waals surface area contributed by atoms with Gasteiger partial charge in [-0.25, -0.2) is 4.79 Å². The fourth-order valence-electron chi connectivity index (χ4n) is 2.87. The molecule has 0 amide bonds. The second kappa shape index (κ2) is 9.33. The zero-order valence-electron chi connectivity index (χ0n) is 17.8. The van der Waals surface area contributed by atoms with Gasteiger partial charge in [-0.05, 0) is 44.0 Å². The fourth-order valence-corrected chi connectivity index (χ4v) is 2.87. The minimum absolute atomic E-state index is 0.185. The molecule has 0 spiro atoms. The maximum absolute atomic E-state index is 14.5. The summed E-state index contributed by atoms with van der Waals surface area (Å²) >= 11 is 0. The van der Waals surface area contributed by atoms with E-state index >= 15 is 0 Å². The van der Waals surface area contributed by atoms with Gasteiger partial charge in [-0.15, -0.1) is 0 Å². The van der Waals surface area contributed by atoms with Gasteiger partial charge in [-0.1, -0.05) is 36.9 Å². The summed E-state index contributed by atoms with van der Waals surface area (Å²) in [5.74, 6) is -0.951. The predicted octanol–water partition coefficient (Wildman–Crippen LogP) is 5.76. The highest BCUT2D eigenvalue weighted by atomic mass is 19.4. The molecule has 0 saturated heterocycles. The first-order valence-electron chi connectivity index (χ1n) is 9.58. The zero-order valence-corrected chi connectivity index (χ0v) is 17.8. The molecule has 0 aliphatic carbocycles. The molecule has 0 aliphatic rings. The number of carbonyl (C=O) groups excluding carboxylic acids is 1. The van der Waals surface area contributed by atoms with Crippen molar-refractivity contribution in [2.24, 2.45) is 4.99 Å². The number of nitro groups is 1. The largest absolute Gasteiger partial charge is 0.457 e. The number of aliphatic imine (C=N–C) groups is 1. The molecule has 9 heteroatoms. The Hall–Kier alpha value is -3.49. The molecule has 0 aromatic heterocycles. The van der Waals surface area contributed by atoms with Crippen LogP contribution in [0.25, 0.3) is 0 Å². The zero-order chi connectivity index (χ0) is 24.2. The van der Waals surface area contributed by atoms with Crippen LogP contribution in [0.3, 0.4) is 0 Å². The Labute approximate surface area is 183 Å². The number of esters is 1. The normalized spacial score (nSPS) is 14.1. The Morgan fingerprint density at radius 3 is 2.12 bits per heavy atom. The van der Waals surface area contributed by atoms with Crippen molar-refractivity contribution in [3.8, 4) is 0 Å². The summed E-state index contributed by atoms with van der Waals surface area (Å²) in [7, 11) is 0. The molecule has 32 heavy (non-hydrogen) atoms. The van der Waals surface area contributed by atoms with Crippen LogP contribution in [0.4, 0.5) is 18.9 Å². The molecule has 2 rings (SSSR count). The van der Waals surface area contributed by atoms with E-state index in [1.165, 1.54) is 48.5 Å². The fraction of sp³-hybridized carbons (Fsp3) is 0.304. The van der Waals surface area contributed by atoms with Crippen LogP contribution in [0.2, 0.25) is 0 Å². The average Bonchev–Trinajstić information content (AvgIpc) is 2.69. The van der Waals surface area contributed by atoms with Crippen LogP contribution in [0.5, 0.6) is 0 Å². The topological polar surface area (TPSA) is 81.8 Å². The van der Waals surface area contributed by atoms with Crippen molar-refractivity contribution in [3.63, 3.8) is 0 Å². The summed E-state index contributed by atoms with van der Waals surface area (Å²) in [5, 5.41) is 10.8. The van der Waals surface area contributed by atoms with Crippen molar-refractivity contribution >= 4 is 17.9 Å². The highest BCUT2D eigenvalue weighted by Gasteiger charge is 2.56. The third-order valence-electron chi connectivity index (χ3n) is 4.42. The van der Waals surface area contributed by atoms with Gasteiger partial charge in [-0.2, -0.15) is 13.2 Å². The Morgan fingerprint density at radius 2 is 1.66 bits per heavy atom. The molecule has 1 atom stereocenters. The molecule has 0 heterocycles. The van der Waals surface area contributed by atoms with E-state index in [1.807, 2.05) is 0 Å². The third kappa shape index (κ3) is 6.03. The van der Waals surface area contributed by atoms with Crippen molar-refractivity contribution in [2.75, 3.05) is 0 Å². The van der Waals surface area contributed by atoms with Gasteiger partial charge in [0, 0.05) is 30.3 Å². The van der Waals surface area contributed by atoms with E-state index in [0.717, 1.165) is 6.21 Å².